The Bertz CT molecular complexity index is 272. The molecule has 0 radical (unpaired) electrons. The van der Waals surface area contributed by atoms with Crippen molar-refractivity contribution < 1.29 is 18.0 Å². The molecular weight excluding hydrogens is 231 g/mol. The Morgan fingerprint density at radius 3 is 2.12 bits per heavy atom. The SMILES string of the molecule is CC(C)(C)C/C(=N/OC(F)(F)F)C1CCCC1. The number of rotatable bonds is 3. The van der Waals surface area contributed by atoms with Crippen LogP contribution in [0.25, 0.3) is 0 Å². The second-order valence-corrected chi connectivity index (χ2v) is 5.84. The average Bonchev–Trinajstić information content (AvgIpc) is 2.61. The molecule has 1 aliphatic carbocycles. The van der Waals surface area contributed by atoms with Crippen LogP contribution in [0.1, 0.15) is 52.9 Å². The quantitative estimate of drug-likeness (QED) is 0.534. The molecule has 1 rings (SSSR count). The van der Waals surface area contributed by atoms with E-state index < -0.39 is 6.36 Å². The van der Waals surface area contributed by atoms with Crippen LogP contribution < -0.4 is 0 Å². The van der Waals surface area contributed by atoms with Crippen LogP contribution in [-0.4, -0.2) is 12.1 Å². The molecule has 0 aromatic heterocycles. The van der Waals surface area contributed by atoms with Gasteiger partial charge in [0.15, 0.2) is 0 Å². The van der Waals surface area contributed by atoms with Crippen LogP contribution >= 0.6 is 0 Å². The highest BCUT2D eigenvalue weighted by Gasteiger charge is 2.33. The van der Waals surface area contributed by atoms with E-state index in [1.807, 2.05) is 20.8 Å². The van der Waals surface area contributed by atoms with Crippen molar-refractivity contribution in [2.45, 2.75) is 59.2 Å². The number of hydrogen-bond donors (Lipinski definition) is 0. The normalized spacial score (nSPS) is 19.8. The van der Waals surface area contributed by atoms with Gasteiger partial charge in [-0.05, 0) is 24.7 Å². The molecule has 1 saturated carbocycles. The summed E-state index contributed by atoms with van der Waals surface area (Å²) in [5, 5.41) is 3.35. The van der Waals surface area contributed by atoms with Gasteiger partial charge in [0.05, 0.1) is 5.71 Å². The first-order chi connectivity index (χ1) is 7.67. The number of halogens is 3. The van der Waals surface area contributed by atoms with Crippen LogP contribution in [0.5, 0.6) is 0 Å². The second kappa shape index (κ2) is 5.27. The molecule has 17 heavy (non-hydrogen) atoms. The van der Waals surface area contributed by atoms with Crippen molar-refractivity contribution in [3.8, 4) is 0 Å². The third-order valence-corrected chi connectivity index (χ3v) is 2.80. The summed E-state index contributed by atoms with van der Waals surface area (Å²) in [7, 11) is 0. The lowest BCUT2D eigenvalue weighted by molar-refractivity contribution is -0.325. The van der Waals surface area contributed by atoms with Crippen molar-refractivity contribution in [3.05, 3.63) is 0 Å². The molecule has 0 spiro atoms. The van der Waals surface area contributed by atoms with Gasteiger partial charge in [-0.2, -0.15) is 0 Å². The lowest BCUT2D eigenvalue weighted by Gasteiger charge is -2.22. The largest absolute Gasteiger partial charge is 0.593 e. The van der Waals surface area contributed by atoms with Crippen LogP contribution in [0, 0.1) is 11.3 Å². The minimum absolute atomic E-state index is 0.0730. The third-order valence-electron chi connectivity index (χ3n) is 2.80. The van der Waals surface area contributed by atoms with E-state index in [-0.39, 0.29) is 11.3 Å². The number of nitrogens with zero attached hydrogens (tertiary/aromatic N) is 1. The van der Waals surface area contributed by atoms with Crippen molar-refractivity contribution in [3.63, 3.8) is 0 Å². The van der Waals surface area contributed by atoms with E-state index in [4.69, 9.17) is 0 Å². The fourth-order valence-electron chi connectivity index (χ4n) is 2.16. The third kappa shape index (κ3) is 5.94. The summed E-state index contributed by atoms with van der Waals surface area (Å²) in [6, 6.07) is 0. The van der Waals surface area contributed by atoms with E-state index in [9.17, 15) is 13.2 Å². The highest BCUT2D eigenvalue weighted by molar-refractivity contribution is 5.87. The fraction of sp³-hybridized carbons (Fsp3) is 0.917. The van der Waals surface area contributed by atoms with Crippen molar-refractivity contribution >= 4 is 5.71 Å². The van der Waals surface area contributed by atoms with Crippen LogP contribution in [0.3, 0.4) is 0 Å². The zero-order valence-electron chi connectivity index (χ0n) is 10.6. The molecule has 0 aromatic rings. The monoisotopic (exact) mass is 251 g/mol. The van der Waals surface area contributed by atoms with Gasteiger partial charge < -0.3 is 0 Å². The zero-order valence-corrected chi connectivity index (χ0v) is 10.6. The van der Waals surface area contributed by atoms with Crippen molar-refractivity contribution in [2.24, 2.45) is 16.5 Å². The molecule has 0 aliphatic heterocycles. The summed E-state index contributed by atoms with van der Waals surface area (Å²) in [5.41, 5.74) is 0.489. The summed E-state index contributed by atoms with van der Waals surface area (Å²) < 4.78 is 36.0. The van der Waals surface area contributed by atoms with Gasteiger partial charge in [0, 0.05) is 5.92 Å². The molecule has 0 bridgehead atoms. The Labute approximate surface area is 100 Å². The summed E-state index contributed by atoms with van der Waals surface area (Å²) in [4.78, 5) is 3.64. The molecule has 0 aromatic carbocycles. The molecule has 5 heteroatoms. The van der Waals surface area contributed by atoms with Crippen molar-refractivity contribution in [1.29, 1.82) is 0 Å². The minimum Gasteiger partial charge on any atom is -0.294 e. The lowest BCUT2D eigenvalue weighted by Crippen LogP contribution is -2.21. The Hall–Kier alpha value is -0.740. The molecule has 0 amide bonds. The molecule has 0 atom stereocenters. The van der Waals surface area contributed by atoms with Crippen molar-refractivity contribution in [2.75, 3.05) is 0 Å². The maximum atomic E-state index is 12.0. The highest BCUT2D eigenvalue weighted by Crippen LogP contribution is 2.32. The molecule has 0 N–H and O–H groups in total. The molecule has 0 heterocycles. The van der Waals surface area contributed by atoms with E-state index in [1.165, 1.54) is 0 Å². The predicted octanol–water partition coefficient (Wildman–Crippen LogP) is 4.51. The van der Waals surface area contributed by atoms with E-state index in [0.29, 0.717) is 12.1 Å². The minimum atomic E-state index is -4.68. The van der Waals surface area contributed by atoms with Gasteiger partial charge in [0.25, 0.3) is 0 Å². The topological polar surface area (TPSA) is 21.6 Å². The first-order valence-electron chi connectivity index (χ1n) is 5.99. The van der Waals surface area contributed by atoms with Crippen LogP contribution in [0.15, 0.2) is 5.16 Å². The first-order valence-corrected chi connectivity index (χ1v) is 5.99. The summed E-state index contributed by atoms with van der Waals surface area (Å²) in [6.45, 7) is 5.97. The maximum absolute atomic E-state index is 12.0. The average molecular weight is 251 g/mol. The van der Waals surface area contributed by atoms with Gasteiger partial charge in [-0.1, -0.05) is 38.8 Å². The molecule has 1 aliphatic rings. The van der Waals surface area contributed by atoms with Gasteiger partial charge in [-0.3, -0.25) is 4.84 Å². The maximum Gasteiger partial charge on any atom is 0.593 e. The van der Waals surface area contributed by atoms with Gasteiger partial charge in [0.1, 0.15) is 0 Å². The second-order valence-electron chi connectivity index (χ2n) is 5.84. The van der Waals surface area contributed by atoms with Crippen LogP contribution in [0.4, 0.5) is 13.2 Å². The lowest BCUT2D eigenvalue weighted by atomic mass is 9.84. The Morgan fingerprint density at radius 2 is 1.71 bits per heavy atom. The summed E-state index contributed by atoms with van der Waals surface area (Å²) in [5.74, 6) is 0.163. The van der Waals surface area contributed by atoms with E-state index in [1.54, 1.807) is 0 Å². The predicted molar refractivity (Wildman–Crippen MR) is 60.6 cm³/mol. The van der Waals surface area contributed by atoms with E-state index in [2.05, 4.69) is 9.99 Å². The standard InChI is InChI=1S/C12H20F3NO/c1-11(2,3)8-10(9-6-4-5-7-9)16-17-12(13,14)15/h9H,4-8H2,1-3H3/b16-10-. The molecule has 1 fully saturated rings. The Kier molecular flexibility index (Phi) is 4.44. The van der Waals surface area contributed by atoms with Gasteiger partial charge in [0.2, 0.25) is 0 Å². The highest BCUT2D eigenvalue weighted by atomic mass is 19.4. The van der Waals surface area contributed by atoms with E-state index in [0.717, 1.165) is 25.7 Å². The summed E-state index contributed by atoms with van der Waals surface area (Å²) in [6.07, 6.45) is -0.137. The van der Waals surface area contributed by atoms with Gasteiger partial charge in [-0.15, -0.1) is 13.2 Å². The Morgan fingerprint density at radius 1 is 1.18 bits per heavy atom. The number of oxime groups is 1. The van der Waals surface area contributed by atoms with Crippen LogP contribution in [-0.2, 0) is 4.84 Å². The van der Waals surface area contributed by atoms with E-state index >= 15 is 0 Å². The molecule has 0 saturated heterocycles. The molecule has 100 valence electrons. The van der Waals surface area contributed by atoms with Gasteiger partial charge >= 0.3 is 6.36 Å². The first kappa shape index (κ1) is 14.3. The smallest absolute Gasteiger partial charge is 0.294 e. The fourth-order valence-corrected chi connectivity index (χ4v) is 2.16. The molecule has 0 unspecified atom stereocenters. The summed E-state index contributed by atoms with van der Waals surface area (Å²) >= 11 is 0. The number of alkyl halides is 3. The van der Waals surface area contributed by atoms with Crippen LogP contribution in [0.2, 0.25) is 0 Å². The zero-order chi connectivity index (χ0) is 13.1. The number of hydrogen-bond acceptors (Lipinski definition) is 2. The Balaban J connectivity index is 2.71. The van der Waals surface area contributed by atoms with Gasteiger partial charge in [-0.25, -0.2) is 0 Å². The van der Waals surface area contributed by atoms with Crippen molar-refractivity contribution in [1.82, 2.24) is 0 Å². The molecule has 2 nitrogen and oxygen atoms in total. The molecular formula is C12H20F3NO.